The van der Waals surface area contributed by atoms with Crippen molar-refractivity contribution >= 4 is 195 Å². The number of benzene rings is 8. The predicted molar refractivity (Wildman–Crippen MR) is 363 cm³/mol. The number of halogens is 2. The number of ketones is 2. The number of carbonyl (C=O) groups excluding carboxylic acids is 2. The number of aromatic nitrogens is 6. The number of aromatic amines is 4. The van der Waals surface area contributed by atoms with E-state index in [-0.39, 0.29) is 259 Å². The van der Waals surface area contributed by atoms with Crippen molar-refractivity contribution in [2.75, 3.05) is 10.9 Å². The SMILES string of the molecule is O=C1/C(=N/Nc2cc(S(=O)(=O)[O-])c3cccc(S(=O)(=O)[O-])c3c2)C(S(=O)(=O)[O-])=Cc2cccc(N=c3[nH]c(Cl)nc(=Nc4ccc(-c5ccc(N=c6nc(Cl)[nH]c(=Nc7cccc8c7C(=O)/C(=N/Nc7cc(S(=O)(=O)[O-])c9cccc(S(=O)(=O)[O-])c9c7)C(S(=O)(=O)[O-])=C8)[nH]6)cc5S(=O)(=O)[O-])c(S(=O)(=O)[O-])c4)[nH]3)c21.[Na+].[Na+].[Na+].[Na+].[Na+].[Na+].[Na+].[Na+]. The van der Waals surface area contributed by atoms with Gasteiger partial charge in [0.15, 0.2) is 0 Å². The summed E-state index contributed by atoms with van der Waals surface area (Å²) >= 11 is 12.6. The number of anilines is 2. The summed E-state index contributed by atoms with van der Waals surface area (Å²) in [5.41, 5.74) is -5.89. The molecule has 0 spiro atoms. The molecule has 58 heteroatoms. The minimum absolute atomic E-state index is 0. The van der Waals surface area contributed by atoms with Crippen LogP contribution in [0.3, 0.4) is 0 Å². The Labute approximate surface area is 841 Å². The molecule has 10 aromatic rings. The largest absolute Gasteiger partial charge is 1.00 e. The molecule has 558 valence electrons. The maximum atomic E-state index is 14.3. The molecule has 12 rings (SSSR count). The van der Waals surface area contributed by atoms with Crippen molar-refractivity contribution < 1.29 is 350 Å². The summed E-state index contributed by atoms with van der Waals surface area (Å²) in [6.45, 7) is 0. The van der Waals surface area contributed by atoms with Gasteiger partial charge in [0.05, 0.1) is 84.4 Å². The Morgan fingerprint density at radius 2 is 0.655 bits per heavy atom. The number of Topliss-reactive ketones (excluding diaryl/α,β-unsaturated/α-hetero) is 2. The molecular formula is C58H30Cl2N14Na8O26S8. The first-order valence-electron chi connectivity index (χ1n) is 28.7. The molecule has 0 aliphatic heterocycles. The van der Waals surface area contributed by atoms with Crippen LogP contribution < -0.4 is 270 Å². The zero-order valence-electron chi connectivity index (χ0n) is 60.1. The number of allylic oxidation sites excluding steroid dienone is 2. The quantitative estimate of drug-likeness (QED) is 0.0280. The van der Waals surface area contributed by atoms with Crippen LogP contribution in [0.4, 0.5) is 34.1 Å². The Kier molecular flexibility index (Phi) is 36.7. The third kappa shape index (κ3) is 24.0. The number of hydrogen-bond acceptors (Lipinski definition) is 36. The van der Waals surface area contributed by atoms with Crippen LogP contribution in [0.5, 0.6) is 0 Å². The average molecular weight is 1850 g/mol. The normalized spacial score (nSPS) is 14.5. The van der Waals surface area contributed by atoms with E-state index in [1.807, 2.05) is 0 Å². The molecule has 8 aromatic carbocycles. The van der Waals surface area contributed by atoms with Gasteiger partial charge in [0.1, 0.15) is 92.4 Å². The molecule has 0 bridgehead atoms. The molecule has 116 heavy (non-hydrogen) atoms. The number of nitrogens with one attached hydrogen (secondary N) is 6. The Balaban J connectivity index is 0.00000354. The van der Waals surface area contributed by atoms with Gasteiger partial charge in [0.2, 0.25) is 44.6 Å². The monoisotopic (exact) mass is 1850 g/mol. The van der Waals surface area contributed by atoms with Gasteiger partial charge < -0.3 is 46.4 Å². The van der Waals surface area contributed by atoms with E-state index < -0.39 is 243 Å². The number of H-pyrrole nitrogens is 4. The van der Waals surface area contributed by atoms with E-state index in [1.54, 1.807) is 0 Å². The fourth-order valence-electron chi connectivity index (χ4n) is 10.9. The van der Waals surface area contributed by atoms with Crippen LogP contribution in [0.1, 0.15) is 31.8 Å². The van der Waals surface area contributed by atoms with Crippen molar-refractivity contribution in [3.63, 3.8) is 0 Å². The molecule has 40 nitrogen and oxygen atoms in total. The molecule has 0 amide bonds. The van der Waals surface area contributed by atoms with E-state index >= 15 is 0 Å². The summed E-state index contributed by atoms with van der Waals surface area (Å²) in [5.74, 6) is -2.72. The Hall–Kier alpha value is -2.88. The smallest absolute Gasteiger partial charge is 0.744 e. The number of nitrogens with zero attached hydrogens (tertiary/aromatic N) is 8. The van der Waals surface area contributed by atoms with Gasteiger partial charge in [-0.05, 0) is 119 Å². The second-order valence-electron chi connectivity index (χ2n) is 22.0. The van der Waals surface area contributed by atoms with Gasteiger partial charge in [-0.3, -0.25) is 30.4 Å². The van der Waals surface area contributed by atoms with Crippen molar-refractivity contribution in [2.45, 2.75) is 29.4 Å². The molecule has 0 atom stereocenters. The molecule has 0 saturated heterocycles. The van der Waals surface area contributed by atoms with E-state index in [2.05, 4.69) is 70.9 Å². The Morgan fingerprint density at radius 3 is 0.966 bits per heavy atom. The number of fused-ring (bicyclic) bond motifs is 4. The number of hydrazone groups is 2. The van der Waals surface area contributed by atoms with E-state index in [1.165, 1.54) is 36.4 Å². The molecule has 0 fully saturated rings. The molecule has 0 radical (unpaired) electrons. The fraction of sp³-hybridized carbons (Fsp3) is 0. The summed E-state index contributed by atoms with van der Waals surface area (Å²) < 4.78 is 301. The summed E-state index contributed by atoms with van der Waals surface area (Å²) in [5, 5.41) is 4.09. The van der Waals surface area contributed by atoms with Crippen molar-refractivity contribution in [3.05, 3.63) is 199 Å². The molecule has 2 heterocycles. The Morgan fingerprint density at radius 1 is 0.336 bits per heavy atom. The number of hydrogen-bond donors (Lipinski definition) is 6. The van der Waals surface area contributed by atoms with Crippen molar-refractivity contribution in [3.8, 4) is 11.1 Å². The van der Waals surface area contributed by atoms with Crippen LogP contribution in [0.2, 0.25) is 10.6 Å². The minimum atomic E-state index is -5.70. The molecule has 0 unspecified atom stereocenters. The third-order valence-corrected chi connectivity index (χ3v) is 22.5. The minimum Gasteiger partial charge on any atom is -0.744 e. The molecular weight excluding hydrogens is 1820 g/mol. The van der Waals surface area contributed by atoms with Crippen molar-refractivity contribution in [1.82, 2.24) is 29.9 Å². The van der Waals surface area contributed by atoms with Crippen LogP contribution >= 0.6 is 23.2 Å². The molecule has 6 N–H and O–H groups in total. The molecule has 2 aliphatic carbocycles. The van der Waals surface area contributed by atoms with Crippen LogP contribution in [-0.2, 0) is 80.9 Å². The maximum absolute atomic E-state index is 14.3. The Bertz CT molecular complexity index is 6820. The van der Waals surface area contributed by atoms with Gasteiger partial charge in [0.25, 0.3) is 0 Å². The third-order valence-electron chi connectivity index (χ3n) is 15.1. The van der Waals surface area contributed by atoms with Gasteiger partial charge in [-0.1, -0.05) is 60.7 Å². The first-order valence-corrected chi connectivity index (χ1v) is 40.7. The van der Waals surface area contributed by atoms with Crippen LogP contribution in [0, 0.1) is 0 Å². The van der Waals surface area contributed by atoms with E-state index in [9.17, 15) is 113 Å². The van der Waals surface area contributed by atoms with Crippen LogP contribution in [-0.4, -0.2) is 157 Å². The first-order chi connectivity index (χ1) is 50.2. The fourth-order valence-corrected chi connectivity index (χ4v) is 16.7. The topological polar surface area (TPSA) is 679 Å². The molecule has 0 saturated carbocycles. The maximum Gasteiger partial charge on any atom is 1.00 e. The average Bonchev–Trinajstić information content (AvgIpc) is 0.775. The van der Waals surface area contributed by atoms with Gasteiger partial charge in [-0.25, -0.2) is 87.3 Å². The number of carbonyl (C=O) groups is 2. The standard InChI is InChI=1S/C58H38Cl2N14O26S8.8Na/c59-53-65-55(69-57(67-53)63-37-9-1-5-25-17-45(107(95,96)97)49(51(75)47(25)37)73-71-29-19-35-31(43(23-29)105(89,90)91)7-3-11-39(35)101(77,78)79)61-27-13-15-33(41(21-27)103(83,84)85)34-16-14-28(22-42(34)104(86,87)88)62-56-66-54(60)68-58(70-56)64-38-10-2-6-26-18-46(108(98,99)100)50(52(76)48(26)38)74-72-30-20-36-32(44(24-30)106(92,93)94)8-4-12-40(36)102(80,81)82;;;;;;;;/h1-24,71-72H,(H,77,78,79)(H,80,81,82)(H,83,84,85)(H,86,87,88)(H,89,90,91)(H,92,93,94)(H,95,96,97)(H,98,99,100)(H2,61,63,65,67,69)(H2,62,64,66,68,70);;;;;;;;/q;8*+1/p-8/b73-49+,74-50+;;;;;;;;. The van der Waals surface area contributed by atoms with Crippen molar-refractivity contribution in [2.24, 2.45) is 30.2 Å². The zero-order chi connectivity index (χ0) is 78.5. The summed E-state index contributed by atoms with van der Waals surface area (Å²) in [6, 6.07) is 20.6. The second kappa shape index (κ2) is 40.4. The summed E-state index contributed by atoms with van der Waals surface area (Å²) in [6.07, 6.45) is 1.41. The van der Waals surface area contributed by atoms with E-state index in [0.29, 0.717) is 36.4 Å². The van der Waals surface area contributed by atoms with Gasteiger partial charge in [0, 0.05) is 32.7 Å². The predicted octanol–water partition coefficient (Wildman–Crippen LogP) is -21.4. The van der Waals surface area contributed by atoms with E-state index in [0.717, 1.165) is 72.8 Å². The summed E-state index contributed by atoms with van der Waals surface area (Å²) in [7, 11) is -44.3. The summed E-state index contributed by atoms with van der Waals surface area (Å²) in [4.78, 5) is 54.5. The van der Waals surface area contributed by atoms with E-state index in [4.69, 9.17) is 23.2 Å². The number of rotatable bonds is 17. The molecule has 2 aromatic heterocycles. The molecule has 2 aliphatic rings. The first kappa shape index (κ1) is 105. The van der Waals surface area contributed by atoms with Crippen molar-refractivity contribution in [1.29, 1.82) is 0 Å². The second-order valence-corrected chi connectivity index (χ2v) is 33.5. The van der Waals surface area contributed by atoms with Gasteiger partial charge in [-0.15, -0.1) is 0 Å². The van der Waals surface area contributed by atoms with Gasteiger partial charge in [-0.2, -0.15) is 20.2 Å². The van der Waals surface area contributed by atoms with Crippen LogP contribution in [0.25, 0.3) is 44.8 Å². The van der Waals surface area contributed by atoms with Crippen LogP contribution in [0.15, 0.2) is 203 Å². The zero-order valence-corrected chi connectivity index (χ0v) is 84.1. The van der Waals surface area contributed by atoms with Gasteiger partial charge >= 0.3 is 236 Å².